The predicted molar refractivity (Wildman–Crippen MR) is 114 cm³/mol. The Morgan fingerprint density at radius 2 is 1.93 bits per heavy atom. The van der Waals surface area contributed by atoms with E-state index in [1.807, 2.05) is 18.5 Å². The summed E-state index contributed by atoms with van der Waals surface area (Å²) in [6, 6.07) is 16.7. The normalized spacial score (nSPS) is 23.7. The first kappa shape index (κ1) is 18.4. The second kappa shape index (κ2) is 7.64. The molecule has 0 N–H and O–H groups in total. The van der Waals surface area contributed by atoms with E-state index in [9.17, 15) is 4.79 Å². The Hall–Kier alpha value is -2.66. The summed E-state index contributed by atoms with van der Waals surface area (Å²) in [5.74, 6) is 2.08. The highest BCUT2D eigenvalue weighted by Gasteiger charge is 2.40. The lowest BCUT2D eigenvalue weighted by Gasteiger charge is -2.47. The molecule has 0 amide bonds. The van der Waals surface area contributed by atoms with E-state index in [2.05, 4.69) is 62.5 Å². The lowest BCUT2D eigenvalue weighted by Crippen LogP contribution is -2.50. The molecule has 5 heteroatoms. The second-order valence-electron chi connectivity index (χ2n) is 8.57. The Balaban J connectivity index is 1.42. The van der Waals surface area contributed by atoms with Crippen molar-refractivity contribution in [1.29, 1.82) is 0 Å². The van der Waals surface area contributed by atoms with Crippen molar-refractivity contribution in [2.45, 2.75) is 31.2 Å². The van der Waals surface area contributed by atoms with E-state index in [4.69, 9.17) is 0 Å². The number of hydrogen-bond donors (Lipinski definition) is 0. The third-order valence-electron chi connectivity index (χ3n) is 6.73. The van der Waals surface area contributed by atoms with Gasteiger partial charge in [-0.1, -0.05) is 36.4 Å². The van der Waals surface area contributed by atoms with Gasteiger partial charge in [-0.15, -0.1) is 0 Å². The van der Waals surface area contributed by atoms with Crippen LogP contribution in [0.25, 0.3) is 0 Å². The van der Waals surface area contributed by atoms with Gasteiger partial charge in [0.25, 0.3) is 5.56 Å². The van der Waals surface area contributed by atoms with E-state index in [0.29, 0.717) is 11.8 Å². The lowest BCUT2D eigenvalue weighted by molar-refractivity contribution is 0.0908. The number of nitrogens with zero attached hydrogens (tertiary/aromatic N) is 4. The maximum Gasteiger partial charge on any atom is 0.251 e. The van der Waals surface area contributed by atoms with Crippen LogP contribution in [0.3, 0.4) is 0 Å². The molecule has 0 radical (unpaired) electrons. The minimum absolute atomic E-state index is 0.152. The van der Waals surface area contributed by atoms with Crippen molar-refractivity contribution < 1.29 is 0 Å². The van der Waals surface area contributed by atoms with Crippen molar-refractivity contribution in [1.82, 2.24) is 19.0 Å². The summed E-state index contributed by atoms with van der Waals surface area (Å²) in [7, 11) is 2.06. The Bertz CT molecular complexity index is 1040. The third-order valence-corrected chi connectivity index (χ3v) is 6.73. The zero-order chi connectivity index (χ0) is 19.8. The van der Waals surface area contributed by atoms with Crippen molar-refractivity contribution in [3.63, 3.8) is 0 Å². The quantitative estimate of drug-likeness (QED) is 0.675. The molecule has 0 unspecified atom stereocenters. The van der Waals surface area contributed by atoms with Crippen LogP contribution in [0.5, 0.6) is 0 Å². The van der Waals surface area contributed by atoms with Crippen molar-refractivity contribution >= 4 is 0 Å². The molecule has 2 aliphatic heterocycles. The van der Waals surface area contributed by atoms with Gasteiger partial charge < -0.3 is 14.0 Å². The number of piperidine rings is 1. The van der Waals surface area contributed by atoms with Gasteiger partial charge in [0, 0.05) is 69.2 Å². The zero-order valence-corrected chi connectivity index (χ0v) is 16.9. The molecule has 1 aromatic carbocycles. The molecule has 1 saturated heterocycles. The van der Waals surface area contributed by atoms with Crippen LogP contribution in [-0.2, 0) is 19.9 Å². The maximum absolute atomic E-state index is 12.8. The fourth-order valence-corrected chi connectivity index (χ4v) is 5.33. The smallest absolute Gasteiger partial charge is 0.251 e. The highest BCUT2D eigenvalue weighted by Crippen LogP contribution is 2.42. The molecule has 5 nitrogen and oxygen atoms in total. The molecule has 5 rings (SSSR count). The van der Waals surface area contributed by atoms with Gasteiger partial charge in [0.2, 0.25) is 0 Å². The summed E-state index contributed by atoms with van der Waals surface area (Å²) in [5, 5.41) is 0. The van der Waals surface area contributed by atoms with E-state index in [-0.39, 0.29) is 11.6 Å². The monoisotopic (exact) mass is 388 g/mol. The highest BCUT2D eigenvalue weighted by molar-refractivity contribution is 5.22. The number of likely N-dealkylation sites (tertiary alicyclic amines) is 1. The fraction of sp³-hybridized carbons (Fsp3) is 0.417. The number of pyridine rings is 1. The van der Waals surface area contributed by atoms with Crippen LogP contribution in [0.1, 0.15) is 35.5 Å². The molecular weight excluding hydrogens is 360 g/mol. The van der Waals surface area contributed by atoms with Crippen molar-refractivity contribution in [3.05, 3.63) is 88.4 Å². The Labute approximate surface area is 171 Å². The summed E-state index contributed by atoms with van der Waals surface area (Å²) in [6.45, 7) is 3.11. The molecule has 150 valence electrons. The molecular formula is C24H28N4O. The van der Waals surface area contributed by atoms with Crippen molar-refractivity contribution in [3.8, 4) is 0 Å². The Morgan fingerprint density at radius 1 is 1.07 bits per heavy atom. The summed E-state index contributed by atoms with van der Waals surface area (Å²) in [6.07, 6.45) is 6.95. The summed E-state index contributed by atoms with van der Waals surface area (Å²) in [5.41, 5.74) is 2.68. The lowest BCUT2D eigenvalue weighted by atomic mass is 9.76. The van der Waals surface area contributed by atoms with Crippen LogP contribution in [0.4, 0.5) is 0 Å². The van der Waals surface area contributed by atoms with Gasteiger partial charge in [-0.2, -0.15) is 0 Å². The van der Waals surface area contributed by atoms with Crippen molar-refractivity contribution in [2.24, 2.45) is 13.0 Å². The van der Waals surface area contributed by atoms with E-state index >= 15 is 0 Å². The zero-order valence-electron chi connectivity index (χ0n) is 16.9. The summed E-state index contributed by atoms with van der Waals surface area (Å²) < 4.78 is 4.22. The van der Waals surface area contributed by atoms with Gasteiger partial charge in [0.1, 0.15) is 5.82 Å². The topological polar surface area (TPSA) is 43.1 Å². The average molecular weight is 389 g/mol. The van der Waals surface area contributed by atoms with Gasteiger partial charge in [-0.25, -0.2) is 4.98 Å². The van der Waals surface area contributed by atoms with E-state index < -0.39 is 0 Å². The number of fused-ring (bicyclic) bond motifs is 4. The van der Waals surface area contributed by atoms with Crippen LogP contribution in [0, 0.1) is 5.92 Å². The van der Waals surface area contributed by atoms with Gasteiger partial charge in [0.05, 0.1) is 0 Å². The number of rotatable bonds is 5. The number of benzene rings is 1. The summed E-state index contributed by atoms with van der Waals surface area (Å²) in [4.78, 5) is 19.9. The molecule has 2 bridgehead atoms. The number of hydrogen-bond acceptors (Lipinski definition) is 3. The molecule has 0 saturated carbocycles. The van der Waals surface area contributed by atoms with E-state index in [1.54, 1.807) is 6.07 Å². The van der Waals surface area contributed by atoms with Gasteiger partial charge in [-0.05, 0) is 30.4 Å². The van der Waals surface area contributed by atoms with Crippen molar-refractivity contribution in [2.75, 3.05) is 19.6 Å². The van der Waals surface area contributed by atoms with Crippen LogP contribution in [0.15, 0.2) is 65.7 Å². The molecule has 2 aromatic heterocycles. The standard InChI is InChI=1S/C24H28N4O/c1-26-13-11-25-23(26)10-12-27-16-19-15-20(17-27)22(14-18-6-3-2-4-7-18)28-21(19)8-5-9-24(28)29/h2-9,11,13,19-20,22H,10,12,14-17H2,1H3/t19-,20+,22+/m1/s1. The van der Waals surface area contributed by atoms with Gasteiger partial charge in [0.15, 0.2) is 0 Å². The minimum atomic E-state index is 0.152. The van der Waals surface area contributed by atoms with Crippen LogP contribution in [-0.4, -0.2) is 38.7 Å². The Morgan fingerprint density at radius 3 is 2.72 bits per heavy atom. The largest absolute Gasteiger partial charge is 0.338 e. The van der Waals surface area contributed by atoms with Gasteiger partial charge in [-0.3, -0.25) is 4.79 Å². The number of aromatic nitrogens is 3. The maximum atomic E-state index is 12.8. The number of imidazole rings is 1. The molecule has 29 heavy (non-hydrogen) atoms. The average Bonchev–Trinajstić information content (AvgIpc) is 3.15. The molecule has 3 aromatic rings. The van der Waals surface area contributed by atoms with Crippen LogP contribution in [0.2, 0.25) is 0 Å². The minimum Gasteiger partial charge on any atom is -0.338 e. The molecule has 4 heterocycles. The van der Waals surface area contributed by atoms with Gasteiger partial charge >= 0.3 is 0 Å². The molecule has 1 fully saturated rings. The molecule has 0 aliphatic carbocycles. The van der Waals surface area contributed by atoms with E-state index in [0.717, 1.165) is 38.3 Å². The first-order valence-corrected chi connectivity index (χ1v) is 10.6. The predicted octanol–water partition coefficient (Wildman–Crippen LogP) is 3.03. The van der Waals surface area contributed by atoms with E-state index in [1.165, 1.54) is 17.7 Å². The molecule has 2 aliphatic rings. The first-order chi connectivity index (χ1) is 14.2. The third kappa shape index (κ3) is 3.55. The SMILES string of the molecule is Cn1ccnc1CCN1C[C@H]2C[C@@H](C1)[C@H](Cc1ccccc1)n1c2cccc1=O. The highest BCUT2D eigenvalue weighted by atomic mass is 16.1. The summed E-state index contributed by atoms with van der Waals surface area (Å²) >= 11 is 0. The van der Waals surface area contributed by atoms with Crippen LogP contribution < -0.4 is 5.56 Å². The van der Waals surface area contributed by atoms with Crippen LogP contribution >= 0.6 is 0 Å². The first-order valence-electron chi connectivity index (χ1n) is 10.6. The fourth-order valence-electron chi connectivity index (χ4n) is 5.33. The number of aryl methyl sites for hydroxylation is 1. The second-order valence-corrected chi connectivity index (χ2v) is 8.57. The molecule has 0 spiro atoms. The molecule has 3 atom stereocenters. The Kier molecular flexibility index (Phi) is 4.84.